The lowest BCUT2D eigenvalue weighted by Gasteiger charge is -2.42. The van der Waals surface area contributed by atoms with Crippen molar-refractivity contribution >= 4 is 11.8 Å². The highest BCUT2D eigenvalue weighted by molar-refractivity contribution is 5.82. The molecule has 7 nitrogen and oxygen atoms in total. The zero-order valence-corrected chi connectivity index (χ0v) is 18.1. The molecular weight excluding hydrogens is 387 g/mol. The number of halogens is 1. The molecule has 30 heavy (non-hydrogen) atoms. The summed E-state index contributed by atoms with van der Waals surface area (Å²) >= 11 is 0. The molecule has 3 N–H and O–H groups in total. The van der Waals surface area contributed by atoms with Crippen LogP contribution in [0.15, 0.2) is 0 Å². The van der Waals surface area contributed by atoms with Crippen LogP contribution in [0, 0.1) is 11.8 Å². The van der Waals surface area contributed by atoms with Gasteiger partial charge in [0, 0.05) is 50.2 Å². The summed E-state index contributed by atoms with van der Waals surface area (Å²) in [7, 11) is 0. The second-order valence-electron chi connectivity index (χ2n) is 9.82. The van der Waals surface area contributed by atoms with E-state index in [1.165, 1.54) is 0 Å². The molecule has 2 saturated carbocycles. The van der Waals surface area contributed by atoms with Gasteiger partial charge in [-0.3, -0.25) is 14.5 Å². The van der Waals surface area contributed by atoms with Crippen molar-refractivity contribution in [3.63, 3.8) is 0 Å². The molecule has 2 amide bonds. The first-order chi connectivity index (χ1) is 14.5. The van der Waals surface area contributed by atoms with Crippen LogP contribution >= 0.6 is 0 Å². The molecule has 8 heteroatoms. The summed E-state index contributed by atoms with van der Waals surface area (Å²) < 4.78 is 14.3. The molecule has 2 heterocycles. The van der Waals surface area contributed by atoms with E-state index < -0.39 is 12.8 Å². The Morgan fingerprint density at radius 2 is 1.87 bits per heavy atom. The van der Waals surface area contributed by atoms with E-state index in [-0.39, 0.29) is 35.9 Å². The fourth-order valence-corrected chi connectivity index (χ4v) is 6.17. The third kappa shape index (κ3) is 4.65. The molecule has 2 saturated heterocycles. The molecule has 4 aliphatic rings. The van der Waals surface area contributed by atoms with Gasteiger partial charge in [0.25, 0.3) is 0 Å². The number of alkyl halides is 1. The molecule has 0 bridgehead atoms. The molecule has 4 fully saturated rings. The Morgan fingerprint density at radius 3 is 2.57 bits per heavy atom. The lowest BCUT2D eigenvalue weighted by atomic mass is 9.77. The van der Waals surface area contributed by atoms with E-state index in [0.29, 0.717) is 37.9 Å². The van der Waals surface area contributed by atoms with E-state index >= 15 is 0 Å². The summed E-state index contributed by atoms with van der Waals surface area (Å²) in [5.74, 6) is 0.238. The van der Waals surface area contributed by atoms with Crippen LogP contribution in [-0.4, -0.2) is 89.8 Å². The van der Waals surface area contributed by atoms with Crippen LogP contribution in [0.2, 0.25) is 0 Å². The Morgan fingerprint density at radius 1 is 1.10 bits per heavy atom. The summed E-state index contributed by atoms with van der Waals surface area (Å²) in [6.07, 6.45) is 5.47. The van der Waals surface area contributed by atoms with Gasteiger partial charge < -0.3 is 20.6 Å². The Balaban J connectivity index is 1.26. The van der Waals surface area contributed by atoms with Crippen molar-refractivity contribution in [3.05, 3.63) is 0 Å². The van der Waals surface area contributed by atoms with Gasteiger partial charge >= 0.3 is 0 Å². The highest BCUT2D eigenvalue weighted by atomic mass is 19.1. The highest BCUT2D eigenvalue weighted by Gasteiger charge is 2.46. The van der Waals surface area contributed by atoms with Gasteiger partial charge in [-0.05, 0) is 50.9 Å². The van der Waals surface area contributed by atoms with E-state index in [1.807, 2.05) is 0 Å². The number of carbonyl (C=O) groups is 2. The SMILES string of the molecule is CC1CCC(F)C2CC(C(=O)NC3CCCC(N4CCN(C(=O)CO)CC4)C3)NC12. The standard InChI is InChI=1S/C22H37FN4O3/c1-14-5-6-18(23)17-12-19(25-21(14)17)22(30)24-15-3-2-4-16(11-15)26-7-9-27(10-8-26)20(29)13-28/h14-19,21,25,28H,2-13H2,1H3,(H,24,30). The third-order valence-electron chi connectivity index (χ3n) is 7.97. The number of fused-ring (bicyclic) bond motifs is 1. The molecule has 2 aliphatic carbocycles. The van der Waals surface area contributed by atoms with Crippen molar-refractivity contribution in [2.45, 2.75) is 82.2 Å². The monoisotopic (exact) mass is 424 g/mol. The van der Waals surface area contributed by atoms with Gasteiger partial charge in [-0.2, -0.15) is 0 Å². The molecule has 7 unspecified atom stereocenters. The maximum atomic E-state index is 14.3. The second kappa shape index (κ2) is 9.49. The van der Waals surface area contributed by atoms with E-state index in [9.17, 15) is 14.0 Å². The molecule has 7 atom stereocenters. The predicted molar refractivity (Wildman–Crippen MR) is 112 cm³/mol. The van der Waals surface area contributed by atoms with Gasteiger partial charge in [0.15, 0.2) is 0 Å². The van der Waals surface area contributed by atoms with Crippen LogP contribution in [-0.2, 0) is 9.59 Å². The number of amides is 2. The summed E-state index contributed by atoms with van der Waals surface area (Å²) in [5, 5.41) is 15.7. The fraction of sp³-hybridized carbons (Fsp3) is 0.909. The Bertz CT molecular complexity index is 610. The van der Waals surface area contributed by atoms with E-state index in [4.69, 9.17) is 5.11 Å². The van der Waals surface area contributed by atoms with Gasteiger partial charge in [0.2, 0.25) is 11.8 Å². The molecule has 4 rings (SSSR count). The molecule has 0 aromatic carbocycles. The van der Waals surface area contributed by atoms with Crippen LogP contribution in [0.4, 0.5) is 4.39 Å². The van der Waals surface area contributed by atoms with Crippen LogP contribution in [0.1, 0.15) is 51.9 Å². The fourth-order valence-electron chi connectivity index (χ4n) is 6.17. The van der Waals surface area contributed by atoms with Gasteiger partial charge in [0.05, 0.1) is 6.04 Å². The van der Waals surface area contributed by atoms with Crippen LogP contribution in [0.5, 0.6) is 0 Å². The minimum atomic E-state index is -0.785. The van der Waals surface area contributed by atoms with Crippen LogP contribution in [0.25, 0.3) is 0 Å². The first-order valence-electron chi connectivity index (χ1n) is 11.8. The summed E-state index contributed by atoms with van der Waals surface area (Å²) in [5.41, 5.74) is 0. The molecule has 0 aromatic heterocycles. The van der Waals surface area contributed by atoms with Gasteiger partial charge in [-0.15, -0.1) is 0 Å². The number of aliphatic hydroxyl groups is 1. The second-order valence-corrected chi connectivity index (χ2v) is 9.82. The van der Waals surface area contributed by atoms with Gasteiger partial charge in [0.1, 0.15) is 12.8 Å². The Kier molecular flexibility index (Phi) is 6.95. The lowest BCUT2D eigenvalue weighted by molar-refractivity contribution is -0.136. The van der Waals surface area contributed by atoms with Crippen LogP contribution < -0.4 is 10.6 Å². The molecule has 0 radical (unpaired) electrons. The Hall–Kier alpha value is -1.25. The average molecular weight is 425 g/mol. The first kappa shape index (κ1) is 22.0. The first-order valence-corrected chi connectivity index (χ1v) is 11.8. The van der Waals surface area contributed by atoms with Gasteiger partial charge in [-0.25, -0.2) is 4.39 Å². The third-order valence-corrected chi connectivity index (χ3v) is 7.97. The maximum Gasteiger partial charge on any atom is 0.248 e. The number of hydrogen-bond donors (Lipinski definition) is 3. The number of piperazine rings is 1. The quantitative estimate of drug-likeness (QED) is 0.618. The molecule has 2 aliphatic heterocycles. The molecular formula is C22H37FN4O3. The zero-order valence-electron chi connectivity index (χ0n) is 18.1. The van der Waals surface area contributed by atoms with Gasteiger partial charge in [-0.1, -0.05) is 6.92 Å². The molecule has 0 spiro atoms. The number of nitrogens with zero attached hydrogens (tertiary/aromatic N) is 2. The van der Waals surface area contributed by atoms with E-state index in [0.717, 1.165) is 45.2 Å². The van der Waals surface area contributed by atoms with Crippen molar-refractivity contribution in [2.75, 3.05) is 32.8 Å². The number of nitrogens with one attached hydrogen (secondary N) is 2. The number of rotatable bonds is 4. The number of carbonyl (C=O) groups excluding carboxylic acids is 2. The highest BCUT2D eigenvalue weighted by Crippen LogP contribution is 2.38. The summed E-state index contributed by atoms with van der Waals surface area (Å²) in [6, 6.07) is 0.440. The summed E-state index contributed by atoms with van der Waals surface area (Å²) in [4.78, 5) is 28.7. The van der Waals surface area contributed by atoms with Crippen molar-refractivity contribution in [2.24, 2.45) is 11.8 Å². The topological polar surface area (TPSA) is 84.9 Å². The smallest absolute Gasteiger partial charge is 0.248 e. The minimum Gasteiger partial charge on any atom is -0.387 e. The lowest BCUT2D eigenvalue weighted by Crippen LogP contribution is -2.55. The van der Waals surface area contributed by atoms with E-state index in [1.54, 1.807) is 4.90 Å². The predicted octanol–water partition coefficient (Wildman–Crippen LogP) is 0.665. The molecule has 0 aromatic rings. The largest absolute Gasteiger partial charge is 0.387 e. The molecule has 170 valence electrons. The zero-order chi connectivity index (χ0) is 21.3. The van der Waals surface area contributed by atoms with Crippen LogP contribution in [0.3, 0.4) is 0 Å². The van der Waals surface area contributed by atoms with Crippen molar-refractivity contribution in [3.8, 4) is 0 Å². The van der Waals surface area contributed by atoms with Crippen molar-refractivity contribution in [1.82, 2.24) is 20.4 Å². The Labute approximate surface area is 178 Å². The summed E-state index contributed by atoms with van der Waals surface area (Å²) in [6.45, 7) is 4.70. The van der Waals surface area contributed by atoms with E-state index in [2.05, 4.69) is 22.5 Å². The normalized spacial score (nSPS) is 40.1. The van der Waals surface area contributed by atoms with Crippen molar-refractivity contribution < 1.29 is 19.1 Å². The van der Waals surface area contributed by atoms with Crippen molar-refractivity contribution in [1.29, 1.82) is 0 Å². The number of hydrogen-bond acceptors (Lipinski definition) is 5. The maximum absolute atomic E-state index is 14.3. The average Bonchev–Trinajstić information content (AvgIpc) is 3.23. The minimum absolute atomic E-state index is 0.0264. The number of aliphatic hydroxyl groups excluding tert-OH is 1.